The quantitative estimate of drug-likeness (QED) is 0.875. The minimum absolute atomic E-state index is 0.0758. The first-order chi connectivity index (χ1) is 11.3. The summed E-state index contributed by atoms with van der Waals surface area (Å²) in [6.45, 7) is 3.75. The molecule has 0 saturated heterocycles. The summed E-state index contributed by atoms with van der Waals surface area (Å²) in [7, 11) is -3.75. The zero-order valence-electron chi connectivity index (χ0n) is 13.7. The van der Waals surface area contributed by atoms with E-state index in [-0.39, 0.29) is 16.8 Å². The van der Waals surface area contributed by atoms with Gasteiger partial charge in [0.1, 0.15) is 0 Å². The number of rotatable bonds is 5. The number of anilines is 1. The molecular weight excluding hydrogens is 324 g/mol. The summed E-state index contributed by atoms with van der Waals surface area (Å²) < 4.78 is 27.9. The third-order valence-electron chi connectivity index (χ3n) is 3.96. The normalized spacial score (nSPS) is 14.2. The van der Waals surface area contributed by atoms with Crippen LogP contribution in [0.15, 0.2) is 47.4 Å². The van der Waals surface area contributed by atoms with Gasteiger partial charge in [-0.25, -0.2) is 8.42 Å². The Morgan fingerprint density at radius 2 is 1.83 bits per heavy atom. The minimum Gasteiger partial charge on any atom is -0.349 e. The van der Waals surface area contributed by atoms with Crippen molar-refractivity contribution in [3.05, 3.63) is 59.2 Å². The summed E-state index contributed by atoms with van der Waals surface area (Å²) in [5, 5.41) is 2.86. The number of carbonyl (C=O) groups is 1. The van der Waals surface area contributed by atoms with Crippen LogP contribution >= 0.6 is 0 Å². The van der Waals surface area contributed by atoms with Crippen LogP contribution in [0.25, 0.3) is 0 Å². The first-order valence-electron chi connectivity index (χ1n) is 7.86. The van der Waals surface area contributed by atoms with Crippen molar-refractivity contribution in [1.82, 2.24) is 5.32 Å². The molecule has 0 spiro atoms. The molecule has 0 heterocycles. The van der Waals surface area contributed by atoms with Crippen LogP contribution in [-0.4, -0.2) is 20.4 Å². The first-order valence-corrected chi connectivity index (χ1v) is 9.34. The predicted molar refractivity (Wildman–Crippen MR) is 93.7 cm³/mol. The summed E-state index contributed by atoms with van der Waals surface area (Å²) in [6.07, 6.45) is 1.97. The molecule has 126 valence electrons. The fourth-order valence-corrected chi connectivity index (χ4v) is 3.52. The van der Waals surface area contributed by atoms with Gasteiger partial charge in [-0.05, 0) is 62.1 Å². The van der Waals surface area contributed by atoms with Crippen molar-refractivity contribution >= 4 is 21.6 Å². The first kappa shape index (κ1) is 16.5. The monoisotopic (exact) mass is 344 g/mol. The lowest BCUT2D eigenvalue weighted by Crippen LogP contribution is -2.25. The van der Waals surface area contributed by atoms with Gasteiger partial charge in [0.05, 0.1) is 10.6 Å². The van der Waals surface area contributed by atoms with Crippen molar-refractivity contribution in [2.75, 3.05) is 4.72 Å². The Bertz CT molecular complexity index is 887. The van der Waals surface area contributed by atoms with Crippen LogP contribution < -0.4 is 10.0 Å². The second-order valence-electron chi connectivity index (χ2n) is 6.20. The van der Waals surface area contributed by atoms with Crippen molar-refractivity contribution in [3.63, 3.8) is 0 Å². The third kappa shape index (κ3) is 3.76. The molecule has 1 saturated carbocycles. The van der Waals surface area contributed by atoms with Gasteiger partial charge in [0, 0.05) is 11.6 Å². The van der Waals surface area contributed by atoms with Gasteiger partial charge in [-0.2, -0.15) is 0 Å². The number of hydrogen-bond acceptors (Lipinski definition) is 3. The van der Waals surface area contributed by atoms with E-state index in [4.69, 9.17) is 0 Å². The highest BCUT2D eigenvalue weighted by Gasteiger charge is 2.24. The smallest absolute Gasteiger partial charge is 0.261 e. The number of nitrogens with one attached hydrogen (secondary N) is 2. The average Bonchev–Trinajstić information content (AvgIpc) is 3.35. The molecule has 0 radical (unpaired) electrons. The van der Waals surface area contributed by atoms with E-state index in [1.54, 1.807) is 18.2 Å². The summed E-state index contributed by atoms with van der Waals surface area (Å²) >= 11 is 0. The van der Waals surface area contributed by atoms with Gasteiger partial charge >= 0.3 is 0 Å². The molecule has 5 nitrogen and oxygen atoms in total. The van der Waals surface area contributed by atoms with E-state index in [2.05, 4.69) is 10.0 Å². The van der Waals surface area contributed by atoms with Gasteiger partial charge in [0.15, 0.2) is 0 Å². The second-order valence-corrected chi connectivity index (χ2v) is 7.88. The van der Waals surface area contributed by atoms with E-state index in [0.29, 0.717) is 11.3 Å². The van der Waals surface area contributed by atoms with Crippen molar-refractivity contribution in [2.24, 2.45) is 0 Å². The van der Waals surface area contributed by atoms with Gasteiger partial charge in [-0.1, -0.05) is 18.2 Å². The van der Waals surface area contributed by atoms with Crippen LogP contribution in [0.1, 0.15) is 34.3 Å². The van der Waals surface area contributed by atoms with Crippen LogP contribution in [-0.2, 0) is 10.0 Å². The number of benzene rings is 2. The molecule has 2 aromatic rings. The maximum Gasteiger partial charge on any atom is 0.261 e. The maximum absolute atomic E-state index is 12.6. The summed E-state index contributed by atoms with van der Waals surface area (Å²) in [4.78, 5) is 12.2. The summed E-state index contributed by atoms with van der Waals surface area (Å²) in [6, 6.07) is 11.9. The van der Waals surface area contributed by atoms with Crippen molar-refractivity contribution in [2.45, 2.75) is 37.6 Å². The molecule has 1 aliphatic rings. The standard InChI is InChI=1S/C18H20N2O3S/c1-12-6-7-13(2)17(10-12)20-24(22,23)16-5-3-4-14(11-16)18(21)19-15-8-9-15/h3-7,10-11,15,20H,8-9H2,1-2H3,(H,19,21). The van der Waals surface area contributed by atoms with E-state index in [9.17, 15) is 13.2 Å². The fraction of sp³-hybridized carbons (Fsp3) is 0.278. The molecule has 2 N–H and O–H groups in total. The third-order valence-corrected chi connectivity index (χ3v) is 5.32. The van der Waals surface area contributed by atoms with Gasteiger partial charge in [0.25, 0.3) is 15.9 Å². The van der Waals surface area contributed by atoms with Crippen LogP contribution in [0.2, 0.25) is 0 Å². The van der Waals surface area contributed by atoms with Gasteiger partial charge in [-0.3, -0.25) is 9.52 Å². The average molecular weight is 344 g/mol. The molecule has 0 aromatic heterocycles. The SMILES string of the molecule is Cc1ccc(C)c(NS(=O)(=O)c2cccc(C(=O)NC3CC3)c2)c1. The lowest BCUT2D eigenvalue weighted by atomic mass is 10.1. The molecular formula is C18H20N2O3S. The molecule has 6 heteroatoms. The Labute approximate surface area is 142 Å². The Balaban J connectivity index is 1.86. The highest BCUT2D eigenvalue weighted by Crippen LogP contribution is 2.22. The Morgan fingerprint density at radius 3 is 2.54 bits per heavy atom. The molecule has 0 unspecified atom stereocenters. The number of amides is 1. The lowest BCUT2D eigenvalue weighted by molar-refractivity contribution is 0.0951. The molecule has 1 amide bonds. The topological polar surface area (TPSA) is 75.3 Å². The summed E-state index contributed by atoms with van der Waals surface area (Å²) in [5.74, 6) is -0.235. The highest BCUT2D eigenvalue weighted by atomic mass is 32.2. The molecule has 2 aromatic carbocycles. The van der Waals surface area contributed by atoms with Crippen LogP contribution in [0.3, 0.4) is 0 Å². The number of hydrogen-bond donors (Lipinski definition) is 2. The fourth-order valence-electron chi connectivity index (χ4n) is 2.35. The van der Waals surface area contributed by atoms with Crippen molar-refractivity contribution < 1.29 is 13.2 Å². The minimum atomic E-state index is -3.75. The zero-order valence-corrected chi connectivity index (χ0v) is 14.5. The second kappa shape index (κ2) is 6.28. The molecule has 0 atom stereocenters. The Kier molecular flexibility index (Phi) is 4.32. The van der Waals surface area contributed by atoms with Gasteiger partial charge in [0.2, 0.25) is 0 Å². The van der Waals surface area contributed by atoms with Crippen molar-refractivity contribution in [1.29, 1.82) is 0 Å². The Morgan fingerprint density at radius 1 is 1.08 bits per heavy atom. The molecule has 24 heavy (non-hydrogen) atoms. The van der Waals surface area contributed by atoms with Gasteiger partial charge in [-0.15, -0.1) is 0 Å². The van der Waals surface area contributed by atoms with E-state index >= 15 is 0 Å². The van der Waals surface area contributed by atoms with Gasteiger partial charge < -0.3 is 5.32 Å². The van der Waals surface area contributed by atoms with Crippen molar-refractivity contribution in [3.8, 4) is 0 Å². The maximum atomic E-state index is 12.6. The number of carbonyl (C=O) groups excluding carboxylic acids is 1. The molecule has 0 aliphatic heterocycles. The lowest BCUT2D eigenvalue weighted by Gasteiger charge is -2.12. The van der Waals surface area contributed by atoms with E-state index < -0.39 is 10.0 Å². The predicted octanol–water partition coefficient (Wildman–Crippen LogP) is 3.00. The number of aryl methyl sites for hydroxylation is 2. The largest absolute Gasteiger partial charge is 0.349 e. The Hall–Kier alpha value is -2.34. The van der Waals surface area contributed by atoms with E-state index in [1.165, 1.54) is 12.1 Å². The molecule has 0 bridgehead atoms. The molecule has 3 rings (SSSR count). The zero-order chi connectivity index (χ0) is 17.3. The van der Waals surface area contributed by atoms with E-state index in [1.807, 2.05) is 26.0 Å². The highest BCUT2D eigenvalue weighted by molar-refractivity contribution is 7.92. The molecule has 1 aliphatic carbocycles. The number of sulfonamides is 1. The van der Waals surface area contributed by atoms with Crippen LogP contribution in [0, 0.1) is 13.8 Å². The van der Waals surface area contributed by atoms with Crippen LogP contribution in [0.4, 0.5) is 5.69 Å². The van der Waals surface area contributed by atoms with Crippen LogP contribution in [0.5, 0.6) is 0 Å². The van der Waals surface area contributed by atoms with E-state index in [0.717, 1.165) is 24.0 Å². The summed E-state index contributed by atoms with van der Waals surface area (Å²) in [5.41, 5.74) is 2.70. The molecule has 1 fully saturated rings.